The molecule has 1 aliphatic rings. The Bertz CT molecular complexity index is 1120. The number of aryl methyl sites for hydroxylation is 2. The smallest absolute Gasteiger partial charge is 0.234 e. The van der Waals surface area contributed by atoms with E-state index in [-0.39, 0.29) is 17.3 Å². The molecule has 168 valence electrons. The average Bonchev–Trinajstić information content (AvgIpc) is 3.20. The summed E-state index contributed by atoms with van der Waals surface area (Å²) in [6.45, 7) is 2.95. The van der Waals surface area contributed by atoms with Gasteiger partial charge in [-0.15, -0.1) is 10.2 Å². The molecular weight excluding hydrogens is 495 g/mol. The second-order valence-corrected chi connectivity index (χ2v) is 9.39. The number of benzene rings is 2. The Hall–Kier alpha value is -2.39. The van der Waals surface area contributed by atoms with Crippen LogP contribution in [-0.2, 0) is 30.8 Å². The van der Waals surface area contributed by atoms with E-state index in [1.54, 1.807) is 6.07 Å². The van der Waals surface area contributed by atoms with Gasteiger partial charge in [0.05, 0.1) is 11.4 Å². The Balaban J connectivity index is 1.35. The van der Waals surface area contributed by atoms with Gasteiger partial charge in [0.1, 0.15) is 18.2 Å². The largest absolute Gasteiger partial charge is 0.486 e. The van der Waals surface area contributed by atoms with Gasteiger partial charge in [0, 0.05) is 11.0 Å². The average molecular weight is 519 g/mol. The van der Waals surface area contributed by atoms with Crippen molar-refractivity contribution >= 4 is 39.3 Å². The van der Waals surface area contributed by atoms with Crippen LogP contribution in [0.25, 0.3) is 0 Å². The van der Waals surface area contributed by atoms with Crippen molar-refractivity contribution in [3.05, 3.63) is 63.6 Å². The fourth-order valence-corrected chi connectivity index (χ4v) is 4.86. The zero-order chi connectivity index (χ0) is 22.5. The number of carbonyl (C=O) groups is 1. The monoisotopic (exact) mass is 518 g/mol. The minimum absolute atomic E-state index is 0.0965. The van der Waals surface area contributed by atoms with E-state index in [1.807, 2.05) is 17.6 Å². The minimum atomic E-state index is -0.490. The number of fused-ring (bicyclic) bond motifs is 1. The Labute approximate surface area is 199 Å². The van der Waals surface area contributed by atoms with Gasteiger partial charge in [-0.1, -0.05) is 33.8 Å². The Morgan fingerprint density at radius 3 is 2.78 bits per heavy atom. The van der Waals surface area contributed by atoms with Crippen LogP contribution in [0, 0.1) is 5.82 Å². The Morgan fingerprint density at radius 1 is 1.19 bits per heavy atom. The fourth-order valence-electron chi connectivity index (χ4n) is 3.70. The van der Waals surface area contributed by atoms with Crippen molar-refractivity contribution < 1.29 is 13.9 Å². The number of amides is 1. The number of thioether (sulfide) groups is 1. The normalized spacial score (nSPS) is 13.0. The number of hydrogen-bond donors (Lipinski definition) is 1. The van der Waals surface area contributed by atoms with Crippen molar-refractivity contribution in [2.24, 2.45) is 0 Å². The summed E-state index contributed by atoms with van der Waals surface area (Å²) < 4.78 is 22.4. The summed E-state index contributed by atoms with van der Waals surface area (Å²) in [5.74, 6) is 0.831. The van der Waals surface area contributed by atoms with Crippen molar-refractivity contribution in [1.82, 2.24) is 14.8 Å². The molecule has 1 aliphatic carbocycles. The van der Waals surface area contributed by atoms with Crippen LogP contribution in [0.3, 0.4) is 0 Å². The number of halogens is 2. The second kappa shape index (κ2) is 10.5. The maximum Gasteiger partial charge on any atom is 0.234 e. The lowest BCUT2D eigenvalue weighted by Gasteiger charge is -2.16. The molecule has 1 N–H and O–H groups in total. The molecule has 0 radical (unpaired) electrons. The molecule has 2 aromatic carbocycles. The highest BCUT2D eigenvalue weighted by Gasteiger charge is 2.15. The SMILES string of the molecule is CCn1c(COc2ccc3c(c2)CCCC3)nnc1SCC(=O)Nc1ccc(Br)cc1F. The summed E-state index contributed by atoms with van der Waals surface area (Å²) in [7, 11) is 0. The number of carbonyl (C=O) groups excluding carboxylic acids is 1. The minimum Gasteiger partial charge on any atom is -0.486 e. The molecular formula is C23H24BrFN4O2S. The maximum atomic E-state index is 13.9. The van der Waals surface area contributed by atoms with E-state index in [0.717, 1.165) is 18.6 Å². The van der Waals surface area contributed by atoms with Gasteiger partial charge < -0.3 is 14.6 Å². The molecule has 9 heteroatoms. The van der Waals surface area contributed by atoms with Crippen LogP contribution in [0.1, 0.15) is 36.7 Å². The van der Waals surface area contributed by atoms with Crippen LogP contribution in [0.2, 0.25) is 0 Å². The lowest BCUT2D eigenvalue weighted by molar-refractivity contribution is -0.113. The van der Waals surface area contributed by atoms with Crippen LogP contribution in [0.4, 0.5) is 10.1 Å². The van der Waals surface area contributed by atoms with Gasteiger partial charge in [0.25, 0.3) is 0 Å². The molecule has 0 aliphatic heterocycles. The summed E-state index contributed by atoms with van der Waals surface area (Å²) in [6, 6.07) is 10.8. The van der Waals surface area contributed by atoms with Crippen LogP contribution >= 0.6 is 27.7 Å². The lowest BCUT2D eigenvalue weighted by atomic mass is 9.92. The molecule has 0 atom stereocenters. The number of ether oxygens (including phenoxy) is 1. The zero-order valence-electron chi connectivity index (χ0n) is 17.7. The second-order valence-electron chi connectivity index (χ2n) is 7.53. The number of nitrogens with zero attached hydrogens (tertiary/aromatic N) is 3. The molecule has 1 heterocycles. The molecule has 0 unspecified atom stereocenters. The summed E-state index contributed by atoms with van der Waals surface area (Å²) >= 11 is 4.46. The van der Waals surface area contributed by atoms with Gasteiger partial charge in [0.15, 0.2) is 11.0 Å². The molecule has 0 saturated carbocycles. The molecule has 3 aromatic rings. The van der Waals surface area contributed by atoms with Crippen LogP contribution in [0.5, 0.6) is 5.75 Å². The lowest BCUT2D eigenvalue weighted by Crippen LogP contribution is -2.15. The molecule has 0 fully saturated rings. The topological polar surface area (TPSA) is 69.0 Å². The van der Waals surface area contributed by atoms with E-state index < -0.39 is 5.82 Å². The molecule has 6 nitrogen and oxygen atoms in total. The first kappa shape index (κ1) is 22.8. The van der Waals surface area contributed by atoms with Gasteiger partial charge in [-0.3, -0.25) is 4.79 Å². The van der Waals surface area contributed by atoms with E-state index >= 15 is 0 Å². The van der Waals surface area contributed by atoms with Crippen LogP contribution in [-0.4, -0.2) is 26.4 Å². The zero-order valence-corrected chi connectivity index (χ0v) is 20.1. The van der Waals surface area contributed by atoms with Crippen LogP contribution in [0.15, 0.2) is 46.0 Å². The first-order chi connectivity index (χ1) is 15.5. The van der Waals surface area contributed by atoms with Gasteiger partial charge in [-0.25, -0.2) is 4.39 Å². The summed E-state index contributed by atoms with van der Waals surface area (Å²) in [5.41, 5.74) is 2.94. The van der Waals surface area contributed by atoms with E-state index in [2.05, 4.69) is 43.6 Å². The standard InChI is InChI=1S/C23H24BrFN4O2S/c1-2-29-21(13-31-18-9-7-15-5-3-4-6-16(15)11-18)27-28-23(29)32-14-22(30)26-20-10-8-17(24)12-19(20)25/h7-12H,2-6,13-14H2,1H3,(H,26,30). The number of rotatable bonds is 8. The molecule has 0 saturated heterocycles. The summed E-state index contributed by atoms with van der Waals surface area (Å²) in [6.07, 6.45) is 4.72. The highest BCUT2D eigenvalue weighted by Crippen LogP contribution is 2.26. The molecule has 0 bridgehead atoms. The highest BCUT2D eigenvalue weighted by atomic mass is 79.9. The number of aromatic nitrogens is 3. The molecule has 4 rings (SSSR count). The third kappa shape index (κ3) is 5.50. The van der Waals surface area contributed by atoms with Crippen molar-refractivity contribution in [2.75, 3.05) is 11.1 Å². The maximum absolute atomic E-state index is 13.9. The Morgan fingerprint density at radius 2 is 2.00 bits per heavy atom. The first-order valence-corrected chi connectivity index (χ1v) is 12.4. The third-order valence-electron chi connectivity index (χ3n) is 5.34. The number of nitrogens with one attached hydrogen (secondary N) is 1. The van der Waals surface area contributed by atoms with Crippen molar-refractivity contribution in [3.63, 3.8) is 0 Å². The fraction of sp³-hybridized carbons (Fsp3) is 0.348. The molecule has 32 heavy (non-hydrogen) atoms. The van der Waals surface area contributed by atoms with E-state index in [1.165, 1.54) is 47.9 Å². The van der Waals surface area contributed by atoms with E-state index in [9.17, 15) is 9.18 Å². The summed E-state index contributed by atoms with van der Waals surface area (Å²) in [4.78, 5) is 12.3. The highest BCUT2D eigenvalue weighted by molar-refractivity contribution is 9.10. The van der Waals surface area contributed by atoms with Gasteiger partial charge >= 0.3 is 0 Å². The number of anilines is 1. The molecule has 1 amide bonds. The Kier molecular flexibility index (Phi) is 7.47. The van der Waals surface area contributed by atoms with Crippen LogP contribution < -0.4 is 10.1 Å². The quantitative estimate of drug-likeness (QED) is 0.405. The van der Waals surface area contributed by atoms with Gasteiger partial charge in [-0.2, -0.15) is 0 Å². The number of hydrogen-bond acceptors (Lipinski definition) is 5. The first-order valence-electron chi connectivity index (χ1n) is 10.6. The summed E-state index contributed by atoms with van der Waals surface area (Å²) in [5, 5.41) is 11.7. The van der Waals surface area contributed by atoms with Crippen molar-refractivity contribution in [2.45, 2.75) is 50.9 Å². The molecule has 0 spiro atoms. The van der Waals surface area contributed by atoms with Gasteiger partial charge in [-0.05, 0) is 74.1 Å². The predicted octanol–water partition coefficient (Wildman–Crippen LogP) is 5.39. The van der Waals surface area contributed by atoms with Crippen molar-refractivity contribution in [1.29, 1.82) is 0 Å². The van der Waals surface area contributed by atoms with Crippen molar-refractivity contribution in [3.8, 4) is 5.75 Å². The third-order valence-corrected chi connectivity index (χ3v) is 6.80. The van der Waals surface area contributed by atoms with E-state index in [4.69, 9.17) is 4.74 Å². The van der Waals surface area contributed by atoms with E-state index in [0.29, 0.717) is 28.6 Å². The van der Waals surface area contributed by atoms with Gasteiger partial charge in [0.2, 0.25) is 5.91 Å². The predicted molar refractivity (Wildman–Crippen MR) is 127 cm³/mol. The molecule has 1 aromatic heterocycles.